The lowest BCUT2D eigenvalue weighted by Crippen LogP contribution is -2.05. The van der Waals surface area contributed by atoms with Crippen LogP contribution in [-0.2, 0) is 0 Å². The summed E-state index contributed by atoms with van der Waals surface area (Å²) in [7, 11) is 0. The standard InChI is InChI=1S/C14H11NO/c1-9-5-4-8-12-13(9)14(16)10-6-2-3-7-11(10)15-12/h2-8H,1H3,(H,15,16). The molecule has 1 heterocycles. The van der Waals surface area contributed by atoms with Crippen LogP contribution in [0.5, 0.6) is 0 Å². The SMILES string of the molecule is Cc1cccc2[nH]c3ccccc3c(=O)c12. The highest BCUT2D eigenvalue weighted by molar-refractivity contribution is 5.93. The average molecular weight is 209 g/mol. The number of rotatable bonds is 0. The highest BCUT2D eigenvalue weighted by Gasteiger charge is 2.05. The summed E-state index contributed by atoms with van der Waals surface area (Å²) in [4.78, 5) is 15.6. The third-order valence-electron chi connectivity index (χ3n) is 2.94. The quantitative estimate of drug-likeness (QED) is 0.567. The first-order valence-corrected chi connectivity index (χ1v) is 5.28. The highest BCUT2D eigenvalue weighted by atomic mass is 16.1. The minimum absolute atomic E-state index is 0.113. The maximum atomic E-state index is 12.3. The second-order valence-electron chi connectivity index (χ2n) is 4.00. The number of hydrogen-bond acceptors (Lipinski definition) is 1. The molecule has 0 aliphatic heterocycles. The van der Waals surface area contributed by atoms with Gasteiger partial charge in [-0.2, -0.15) is 0 Å². The Bertz CT molecular complexity index is 740. The molecule has 0 radical (unpaired) electrons. The molecule has 0 saturated heterocycles. The Morgan fingerprint density at radius 2 is 1.69 bits per heavy atom. The first kappa shape index (κ1) is 9.16. The number of benzene rings is 2. The second kappa shape index (κ2) is 3.20. The number of nitrogens with one attached hydrogen (secondary N) is 1. The van der Waals surface area contributed by atoms with Gasteiger partial charge in [0.25, 0.3) is 0 Å². The van der Waals surface area contributed by atoms with Crippen molar-refractivity contribution in [3.63, 3.8) is 0 Å². The molecule has 0 aliphatic rings. The second-order valence-corrected chi connectivity index (χ2v) is 4.00. The van der Waals surface area contributed by atoms with Gasteiger partial charge in [-0.05, 0) is 30.7 Å². The molecule has 78 valence electrons. The van der Waals surface area contributed by atoms with E-state index in [0.717, 1.165) is 27.4 Å². The molecule has 1 aromatic heterocycles. The number of pyridine rings is 1. The van der Waals surface area contributed by atoms with Gasteiger partial charge in [0.05, 0.1) is 5.52 Å². The van der Waals surface area contributed by atoms with Crippen LogP contribution in [0.2, 0.25) is 0 Å². The Morgan fingerprint density at radius 1 is 0.938 bits per heavy atom. The van der Waals surface area contributed by atoms with Gasteiger partial charge >= 0.3 is 0 Å². The van der Waals surface area contributed by atoms with Crippen molar-refractivity contribution in [1.29, 1.82) is 0 Å². The van der Waals surface area contributed by atoms with E-state index < -0.39 is 0 Å². The van der Waals surface area contributed by atoms with E-state index in [-0.39, 0.29) is 5.43 Å². The third kappa shape index (κ3) is 1.16. The Kier molecular flexibility index (Phi) is 1.83. The van der Waals surface area contributed by atoms with Crippen LogP contribution in [0.4, 0.5) is 0 Å². The molecule has 2 heteroatoms. The fourth-order valence-corrected chi connectivity index (χ4v) is 2.14. The Labute approximate surface area is 92.5 Å². The van der Waals surface area contributed by atoms with Gasteiger partial charge in [-0.3, -0.25) is 4.79 Å². The van der Waals surface area contributed by atoms with Gasteiger partial charge in [-0.1, -0.05) is 24.3 Å². The van der Waals surface area contributed by atoms with Gasteiger partial charge in [-0.15, -0.1) is 0 Å². The van der Waals surface area contributed by atoms with E-state index >= 15 is 0 Å². The molecule has 3 aromatic rings. The summed E-state index contributed by atoms with van der Waals surface area (Å²) in [5.74, 6) is 0. The molecule has 0 fully saturated rings. The predicted molar refractivity (Wildman–Crippen MR) is 66.8 cm³/mol. The summed E-state index contributed by atoms with van der Waals surface area (Å²) >= 11 is 0. The Balaban J connectivity index is 2.67. The number of aromatic amines is 1. The van der Waals surface area contributed by atoms with E-state index in [4.69, 9.17) is 0 Å². The maximum Gasteiger partial charge on any atom is 0.197 e. The van der Waals surface area contributed by atoms with Gasteiger partial charge in [0, 0.05) is 16.3 Å². The molecule has 3 rings (SSSR count). The zero-order chi connectivity index (χ0) is 11.1. The normalized spacial score (nSPS) is 11.1. The maximum absolute atomic E-state index is 12.3. The molecule has 0 saturated carbocycles. The summed E-state index contributed by atoms with van der Waals surface area (Å²) in [6, 6.07) is 13.5. The first-order chi connectivity index (χ1) is 7.77. The van der Waals surface area contributed by atoms with Crippen molar-refractivity contribution in [1.82, 2.24) is 4.98 Å². The highest BCUT2D eigenvalue weighted by Crippen LogP contribution is 2.16. The van der Waals surface area contributed by atoms with Crippen LogP contribution in [0.15, 0.2) is 47.3 Å². The number of para-hydroxylation sites is 1. The van der Waals surface area contributed by atoms with Crippen molar-refractivity contribution in [3.8, 4) is 0 Å². The lowest BCUT2D eigenvalue weighted by Gasteiger charge is -2.04. The number of fused-ring (bicyclic) bond motifs is 2. The van der Waals surface area contributed by atoms with Crippen LogP contribution >= 0.6 is 0 Å². The molecule has 1 N–H and O–H groups in total. The van der Waals surface area contributed by atoms with Gasteiger partial charge in [0.1, 0.15) is 0 Å². The van der Waals surface area contributed by atoms with Crippen molar-refractivity contribution >= 4 is 21.8 Å². The summed E-state index contributed by atoms with van der Waals surface area (Å²) in [5.41, 5.74) is 2.93. The Hall–Kier alpha value is -2.09. The molecule has 0 amide bonds. The van der Waals surface area contributed by atoms with Crippen LogP contribution in [0, 0.1) is 6.92 Å². The number of hydrogen-bond donors (Lipinski definition) is 1. The van der Waals surface area contributed by atoms with E-state index in [2.05, 4.69) is 4.98 Å². The molecule has 0 atom stereocenters. The van der Waals surface area contributed by atoms with Crippen LogP contribution < -0.4 is 5.43 Å². The summed E-state index contributed by atoms with van der Waals surface area (Å²) in [6.45, 7) is 1.96. The molecule has 0 unspecified atom stereocenters. The number of aromatic nitrogens is 1. The van der Waals surface area contributed by atoms with Crippen molar-refractivity contribution in [2.45, 2.75) is 6.92 Å². The summed E-state index contributed by atoms with van der Waals surface area (Å²) < 4.78 is 0. The van der Waals surface area contributed by atoms with Crippen molar-refractivity contribution in [2.75, 3.05) is 0 Å². The van der Waals surface area contributed by atoms with Gasteiger partial charge in [0.2, 0.25) is 0 Å². The fourth-order valence-electron chi connectivity index (χ4n) is 2.14. The summed E-state index contributed by atoms with van der Waals surface area (Å²) in [6.07, 6.45) is 0. The molecular weight excluding hydrogens is 198 g/mol. The van der Waals surface area contributed by atoms with Crippen molar-refractivity contribution in [3.05, 3.63) is 58.3 Å². The fraction of sp³-hybridized carbons (Fsp3) is 0.0714. The van der Waals surface area contributed by atoms with E-state index in [1.807, 2.05) is 49.4 Å². The molecule has 0 aliphatic carbocycles. The van der Waals surface area contributed by atoms with E-state index in [9.17, 15) is 4.79 Å². The van der Waals surface area contributed by atoms with Crippen LogP contribution in [0.25, 0.3) is 21.8 Å². The van der Waals surface area contributed by atoms with Gasteiger partial charge in [0.15, 0.2) is 5.43 Å². The lowest BCUT2D eigenvalue weighted by molar-refractivity contribution is 1.44. The van der Waals surface area contributed by atoms with Crippen molar-refractivity contribution < 1.29 is 0 Å². The molecule has 2 nitrogen and oxygen atoms in total. The molecule has 0 spiro atoms. The smallest absolute Gasteiger partial charge is 0.197 e. The topological polar surface area (TPSA) is 32.9 Å². The van der Waals surface area contributed by atoms with E-state index in [0.29, 0.717) is 0 Å². The number of H-pyrrole nitrogens is 1. The largest absolute Gasteiger partial charge is 0.354 e. The Morgan fingerprint density at radius 3 is 2.56 bits per heavy atom. The van der Waals surface area contributed by atoms with Crippen molar-refractivity contribution in [2.24, 2.45) is 0 Å². The summed E-state index contributed by atoms with van der Waals surface area (Å²) in [5, 5.41) is 1.55. The first-order valence-electron chi connectivity index (χ1n) is 5.28. The zero-order valence-electron chi connectivity index (χ0n) is 8.95. The number of aryl methyl sites for hydroxylation is 1. The average Bonchev–Trinajstić information content (AvgIpc) is 2.29. The monoisotopic (exact) mass is 209 g/mol. The van der Waals surface area contributed by atoms with Gasteiger partial charge < -0.3 is 4.98 Å². The molecule has 2 aromatic carbocycles. The zero-order valence-corrected chi connectivity index (χ0v) is 8.95. The minimum atomic E-state index is 0.113. The lowest BCUT2D eigenvalue weighted by atomic mass is 10.1. The van der Waals surface area contributed by atoms with E-state index in [1.54, 1.807) is 0 Å². The van der Waals surface area contributed by atoms with Crippen LogP contribution in [0.3, 0.4) is 0 Å². The van der Waals surface area contributed by atoms with Crippen LogP contribution in [0.1, 0.15) is 5.56 Å². The predicted octanol–water partition coefficient (Wildman–Crippen LogP) is 2.99. The van der Waals surface area contributed by atoms with E-state index in [1.165, 1.54) is 0 Å². The van der Waals surface area contributed by atoms with Crippen LogP contribution in [-0.4, -0.2) is 4.98 Å². The molecular formula is C14H11NO. The van der Waals surface area contributed by atoms with Gasteiger partial charge in [-0.25, -0.2) is 0 Å². The third-order valence-corrected chi connectivity index (χ3v) is 2.94. The molecule has 0 bridgehead atoms. The molecule has 16 heavy (non-hydrogen) atoms. The minimum Gasteiger partial charge on any atom is -0.354 e.